The molecule has 2 aromatic heterocycles. The topological polar surface area (TPSA) is 46.6 Å². The molecule has 0 unspecified atom stereocenters. The molecule has 3 heterocycles. The summed E-state index contributed by atoms with van der Waals surface area (Å²) >= 11 is 2.06. The Balaban J connectivity index is 1.97. The van der Waals surface area contributed by atoms with Gasteiger partial charge in [0.15, 0.2) is 5.82 Å². The summed E-state index contributed by atoms with van der Waals surface area (Å²) in [4.78, 5) is 7.31. The molecule has 0 spiro atoms. The SMILES string of the molecule is CC1(C)CCN(c2nc3ccccn3c2CCN)CCS1. The maximum Gasteiger partial charge on any atom is 0.151 e. The van der Waals surface area contributed by atoms with Crippen molar-refractivity contribution in [2.75, 3.05) is 30.3 Å². The van der Waals surface area contributed by atoms with Gasteiger partial charge in [0.05, 0.1) is 5.69 Å². The minimum Gasteiger partial charge on any atom is -0.354 e. The zero-order chi connectivity index (χ0) is 14.9. The van der Waals surface area contributed by atoms with Crippen LogP contribution in [0.1, 0.15) is 26.0 Å². The van der Waals surface area contributed by atoms with Crippen molar-refractivity contribution in [2.24, 2.45) is 5.73 Å². The largest absolute Gasteiger partial charge is 0.354 e. The summed E-state index contributed by atoms with van der Waals surface area (Å²) in [6.07, 6.45) is 4.15. The maximum absolute atomic E-state index is 5.82. The number of imidazole rings is 1. The molecule has 21 heavy (non-hydrogen) atoms. The van der Waals surface area contributed by atoms with Crippen LogP contribution in [0.3, 0.4) is 0 Å². The van der Waals surface area contributed by atoms with E-state index in [-0.39, 0.29) is 0 Å². The van der Waals surface area contributed by atoms with Crippen LogP contribution >= 0.6 is 11.8 Å². The second kappa shape index (κ2) is 5.89. The lowest BCUT2D eigenvalue weighted by atomic mass is 10.1. The van der Waals surface area contributed by atoms with Crippen molar-refractivity contribution in [3.63, 3.8) is 0 Å². The van der Waals surface area contributed by atoms with E-state index in [2.05, 4.69) is 53.2 Å². The molecular formula is C16H24N4S. The number of fused-ring (bicyclic) bond motifs is 1. The number of nitrogens with zero attached hydrogens (tertiary/aromatic N) is 3. The van der Waals surface area contributed by atoms with Gasteiger partial charge in [-0.25, -0.2) is 4.98 Å². The molecule has 1 fully saturated rings. The van der Waals surface area contributed by atoms with Gasteiger partial charge < -0.3 is 15.0 Å². The quantitative estimate of drug-likeness (QED) is 0.946. The Morgan fingerprint density at radius 2 is 2.19 bits per heavy atom. The predicted molar refractivity (Wildman–Crippen MR) is 91.3 cm³/mol. The number of hydrogen-bond donors (Lipinski definition) is 1. The second-order valence-electron chi connectivity index (χ2n) is 6.19. The van der Waals surface area contributed by atoms with Gasteiger partial charge in [0.1, 0.15) is 5.65 Å². The number of pyridine rings is 1. The number of aromatic nitrogens is 2. The number of hydrogen-bond acceptors (Lipinski definition) is 4. The molecule has 1 aliphatic heterocycles. The summed E-state index contributed by atoms with van der Waals surface area (Å²) in [5.41, 5.74) is 8.09. The van der Waals surface area contributed by atoms with Crippen molar-refractivity contribution in [2.45, 2.75) is 31.4 Å². The summed E-state index contributed by atoms with van der Waals surface area (Å²) in [6.45, 7) is 7.47. The van der Waals surface area contributed by atoms with E-state index in [0.29, 0.717) is 11.3 Å². The van der Waals surface area contributed by atoms with Crippen molar-refractivity contribution in [1.82, 2.24) is 9.38 Å². The van der Waals surface area contributed by atoms with Gasteiger partial charge in [-0.05, 0) is 25.1 Å². The Kier molecular flexibility index (Phi) is 4.13. The molecule has 114 valence electrons. The van der Waals surface area contributed by atoms with Crippen LogP contribution in [0, 0.1) is 0 Å². The first kappa shape index (κ1) is 14.7. The Hall–Kier alpha value is -1.20. The first-order chi connectivity index (χ1) is 10.1. The third-order valence-electron chi connectivity index (χ3n) is 4.13. The summed E-state index contributed by atoms with van der Waals surface area (Å²) in [7, 11) is 0. The monoisotopic (exact) mass is 304 g/mol. The van der Waals surface area contributed by atoms with Gasteiger partial charge in [-0.2, -0.15) is 11.8 Å². The number of nitrogens with two attached hydrogens (primary N) is 1. The summed E-state index contributed by atoms with van der Waals surface area (Å²) in [5.74, 6) is 2.29. The van der Waals surface area contributed by atoms with E-state index in [1.54, 1.807) is 0 Å². The van der Waals surface area contributed by atoms with Crippen LogP contribution in [0.15, 0.2) is 24.4 Å². The van der Waals surface area contributed by atoms with E-state index >= 15 is 0 Å². The van der Waals surface area contributed by atoms with Gasteiger partial charge in [-0.3, -0.25) is 0 Å². The fourth-order valence-corrected chi connectivity index (χ4v) is 3.99. The predicted octanol–water partition coefficient (Wildman–Crippen LogP) is 2.56. The lowest BCUT2D eigenvalue weighted by molar-refractivity contribution is 0.634. The molecule has 0 bridgehead atoms. The summed E-state index contributed by atoms with van der Waals surface area (Å²) in [5, 5.41) is 0. The lowest BCUT2D eigenvalue weighted by Crippen LogP contribution is -2.28. The van der Waals surface area contributed by atoms with E-state index in [4.69, 9.17) is 10.7 Å². The zero-order valence-corrected chi connectivity index (χ0v) is 13.7. The molecule has 0 saturated carbocycles. The second-order valence-corrected chi connectivity index (χ2v) is 8.00. The molecule has 2 N–H and O–H groups in total. The normalized spacial score (nSPS) is 18.9. The highest BCUT2D eigenvalue weighted by atomic mass is 32.2. The van der Waals surface area contributed by atoms with Crippen molar-refractivity contribution in [3.8, 4) is 0 Å². The fourth-order valence-electron chi connectivity index (χ4n) is 2.89. The van der Waals surface area contributed by atoms with E-state index in [1.807, 2.05) is 6.07 Å². The molecule has 4 nitrogen and oxygen atoms in total. The summed E-state index contributed by atoms with van der Waals surface area (Å²) in [6, 6.07) is 6.17. The molecule has 0 aliphatic carbocycles. The minimum atomic E-state index is 0.363. The van der Waals surface area contributed by atoms with Crippen molar-refractivity contribution in [1.29, 1.82) is 0 Å². The Bertz CT molecular complexity index is 620. The standard InChI is InChI=1S/C16H24N4S/c1-16(2)7-10-19(11-12-21-16)15-13(6-8-17)20-9-4-3-5-14(20)18-15/h3-5,9H,6-8,10-12,17H2,1-2H3. The van der Waals surface area contributed by atoms with E-state index in [9.17, 15) is 0 Å². The molecule has 3 rings (SSSR count). The van der Waals surface area contributed by atoms with Crippen LogP contribution in [0.25, 0.3) is 5.65 Å². The van der Waals surface area contributed by atoms with Gasteiger partial charge in [-0.1, -0.05) is 19.9 Å². The van der Waals surface area contributed by atoms with E-state index in [0.717, 1.165) is 36.7 Å². The average Bonchev–Trinajstić information content (AvgIpc) is 2.71. The van der Waals surface area contributed by atoms with Crippen LogP contribution < -0.4 is 10.6 Å². The molecule has 0 aromatic carbocycles. The smallest absolute Gasteiger partial charge is 0.151 e. The van der Waals surface area contributed by atoms with Crippen molar-refractivity contribution < 1.29 is 0 Å². The first-order valence-corrected chi connectivity index (χ1v) is 8.64. The molecule has 5 heteroatoms. The number of anilines is 1. The Labute approximate surface area is 130 Å². The van der Waals surface area contributed by atoms with Crippen LogP contribution in [-0.4, -0.2) is 39.5 Å². The summed E-state index contributed by atoms with van der Waals surface area (Å²) < 4.78 is 2.55. The molecule has 0 atom stereocenters. The van der Waals surface area contributed by atoms with Crippen LogP contribution in [0.4, 0.5) is 5.82 Å². The number of thioether (sulfide) groups is 1. The average molecular weight is 304 g/mol. The Morgan fingerprint density at radius 1 is 1.33 bits per heavy atom. The van der Waals surface area contributed by atoms with Gasteiger partial charge in [-0.15, -0.1) is 0 Å². The van der Waals surface area contributed by atoms with Crippen LogP contribution in [-0.2, 0) is 6.42 Å². The van der Waals surface area contributed by atoms with Crippen molar-refractivity contribution >= 4 is 23.2 Å². The van der Waals surface area contributed by atoms with Crippen LogP contribution in [0.2, 0.25) is 0 Å². The highest BCUT2D eigenvalue weighted by Gasteiger charge is 2.26. The van der Waals surface area contributed by atoms with E-state index in [1.165, 1.54) is 12.1 Å². The van der Waals surface area contributed by atoms with E-state index < -0.39 is 0 Å². The maximum atomic E-state index is 5.82. The van der Waals surface area contributed by atoms with Gasteiger partial charge in [0, 0.05) is 36.2 Å². The third-order valence-corrected chi connectivity index (χ3v) is 5.50. The third kappa shape index (κ3) is 3.04. The molecule has 2 aromatic rings. The lowest BCUT2D eigenvalue weighted by Gasteiger charge is -2.23. The molecule has 1 aliphatic rings. The molecule has 0 amide bonds. The zero-order valence-electron chi connectivity index (χ0n) is 12.9. The van der Waals surface area contributed by atoms with Gasteiger partial charge in [0.2, 0.25) is 0 Å². The molecule has 1 saturated heterocycles. The molecular weight excluding hydrogens is 280 g/mol. The molecule has 0 radical (unpaired) electrons. The minimum absolute atomic E-state index is 0.363. The number of rotatable bonds is 3. The Morgan fingerprint density at radius 3 is 3.00 bits per heavy atom. The fraction of sp³-hybridized carbons (Fsp3) is 0.562. The van der Waals surface area contributed by atoms with Gasteiger partial charge in [0.25, 0.3) is 0 Å². The van der Waals surface area contributed by atoms with Crippen LogP contribution in [0.5, 0.6) is 0 Å². The highest BCUT2D eigenvalue weighted by molar-refractivity contribution is 8.00. The van der Waals surface area contributed by atoms with Gasteiger partial charge >= 0.3 is 0 Å². The highest BCUT2D eigenvalue weighted by Crippen LogP contribution is 2.33. The first-order valence-electron chi connectivity index (χ1n) is 7.66. The van der Waals surface area contributed by atoms with Crippen molar-refractivity contribution in [3.05, 3.63) is 30.1 Å².